The van der Waals surface area contributed by atoms with Crippen molar-refractivity contribution in [2.45, 2.75) is 72.4 Å². The number of nitrogens with one attached hydrogen (secondary N) is 1. The second-order valence-corrected chi connectivity index (χ2v) is 11.0. The van der Waals surface area contributed by atoms with Gasteiger partial charge in [0, 0.05) is 38.6 Å². The van der Waals surface area contributed by atoms with Gasteiger partial charge in [-0.05, 0) is 54.7 Å². The van der Waals surface area contributed by atoms with Crippen molar-refractivity contribution in [1.29, 1.82) is 0 Å². The zero-order valence-corrected chi connectivity index (χ0v) is 25.6. The first-order chi connectivity index (χ1) is 17.9. The fourth-order valence-corrected chi connectivity index (χ4v) is 4.35. The lowest BCUT2D eigenvalue weighted by Crippen LogP contribution is -2.44. The number of aliphatic hydroxyl groups is 1. The van der Waals surface area contributed by atoms with E-state index in [2.05, 4.69) is 19.2 Å². The van der Waals surface area contributed by atoms with Crippen molar-refractivity contribution in [1.82, 2.24) is 5.32 Å². The zero-order valence-electron chi connectivity index (χ0n) is 24.8. The van der Waals surface area contributed by atoms with Crippen LogP contribution >= 0.6 is 12.4 Å². The molecule has 10 heteroatoms. The molecule has 0 saturated carbocycles. The quantitative estimate of drug-likeness (QED) is 0.186. The van der Waals surface area contributed by atoms with E-state index in [1.807, 2.05) is 32.0 Å². The number of methoxy groups -OCH3 is 2. The summed E-state index contributed by atoms with van der Waals surface area (Å²) in [4.78, 5) is 24.1. The molecule has 0 aliphatic carbocycles. The van der Waals surface area contributed by atoms with Crippen molar-refractivity contribution in [3.63, 3.8) is 0 Å². The van der Waals surface area contributed by atoms with Gasteiger partial charge in [-0.3, -0.25) is 9.59 Å². The van der Waals surface area contributed by atoms with Gasteiger partial charge < -0.3 is 36.1 Å². The molecule has 2 amide bonds. The molecule has 1 aromatic rings. The van der Waals surface area contributed by atoms with Crippen LogP contribution in [0.3, 0.4) is 0 Å². The Morgan fingerprint density at radius 3 is 2.21 bits per heavy atom. The van der Waals surface area contributed by atoms with Crippen LogP contribution in [-0.2, 0) is 20.7 Å². The zero-order chi connectivity index (χ0) is 28.8. The molecule has 1 aromatic carbocycles. The number of nitrogens with two attached hydrogens (primary N) is 2. The maximum atomic E-state index is 12.8. The highest BCUT2D eigenvalue weighted by molar-refractivity contribution is 5.85. The molecule has 6 N–H and O–H groups in total. The second kappa shape index (κ2) is 19.1. The Morgan fingerprint density at radius 1 is 1.00 bits per heavy atom. The lowest BCUT2D eigenvalue weighted by molar-refractivity contribution is -0.128. The average molecular weight is 574 g/mol. The summed E-state index contributed by atoms with van der Waals surface area (Å²) < 4.78 is 16.5. The Hall–Kier alpha value is -2.07. The maximum Gasteiger partial charge on any atom is 0.223 e. The Balaban J connectivity index is 0.0000144. The number of halogens is 1. The van der Waals surface area contributed by atoms with Gasteiger partial charge in [-0.25, -0.2) is 0 Å². The van der Waals surface area contributed by atoms with Gasteiger partial charge in [0.15, 0.2) is 11.5 Å². The van der Waals surface area contributed by atoms with Crippen LogP contribution < -0.4 is 26.3 Å². The maximum absolute atomic E-state index is 12.8. The SMILES string of the molecule is COCCCOc1cc(C[C@@H](C[C@H](N)[C@@H](O)C[C@H](C(=O)NC[C@H](C)C(N)=O)C(C)C)C(C)C)ccc1OC.Cl. The van der Waals surface area contributed by atoms with Gasteiger partial charge in [-0.15, -0.1) is 12.4 Å². The molecule has 0 aliphatic rings. The van der Waals surface area contributed by atoms with Crippen LogP contribution in [0, 0.1) is 29.6 Å². The molecule has 0 unspecified atom stereocenters. The summed E-state index contributed by atoms with van der Waals surface area (Å²) >= 11 is 0. The van der Waals surface area contributed by atoms with Gasteiger partial charge in [0.05, 0.1) is 25.7 Å². The summed E-state index contributed by atoms with van der Waals surface area (Å²) in [7, 11) is 3.29. The molecule has 0 aromatic heterocycles. The van der Waals surface area contributed by atoms with E-state index in [0.717, 1.165) is 18.4 Å². The minimum Gasteiger partial charge on any atom is -0.493 e. The average Bonchev–Trinajstić information content (AvgIpc) is 2.87. The molecule has 0 aliphatic heterocycles. The van der Waals surface area contributed by atoms with Crippen molar-refractivity contribution >= 4 is 24.2 Å². The molecular weight excluding hydrogens is 522 g/mol. The molecule has 0 heterocycles. The first-order valence-corrected chi connectivity index (χ1v) is 13.7. The lowest BCUT2D eigenvalue weighted by Gasteiger charge is -2.30. The molecular formula is C29H52ClN3O6. The van der Waals surface area contributed by atoms with Gasteiger partial charge in [-0.2, -0.15) is 0 Å². The smallest absolute Gasteiger partial charge is 0.223 e. The molecule has 0 radical (unpaired) electrons. The summed E-state index contributed by atoms with van der Waals surface area (Å²) in [6, 6.07) is 5.47. The minimum absolute atomic E-state index is 0. The summed E-state index contributed by atoms with van der Waals surface area (Å²) in [5.41, 5.74) is 12.9. The summed E-state index contributed by atoms with van der Waals surface area (Å²) in [6.07, 6.45) is 1.58. The van der Waals surface area contributed by atoms with E-state index in [1.54, 1.807) is 21.1 Å². The fourth-order valence-electron chi connectivity index (χ4n) is 4.35. The van der Waals surface area contributed by atoms with Crippen LogP contribution in [0.1, 0.15) is 59.4 Å². The van der Waals surface area contributed by atoms with Gasteiger partial charge in [0.1, 0.15) is 0 Å². The van der Waals surface area contributed by atoms with E-state index in [9.17, 15) is 14.7 Å². The fraction of sp³-hybridized carbons (Fsp3) is 0.724. The molecule has 0 fully saturated rings. The third kappa shape index (κ3) is 13.2. The molecule has 39 heavy (non-hydrogen) atoms. The van der Waals surface area contributed by atoms with Crippen molar-refractivity contribution < 1.29 is 28.9 Å². The Bertz CT molecular complexity index is 854. The van der Waals surface area contributed by atoms with Crippen LogP contribution in [0.25, 0.3) is 0 Å². The number of amides is 2. The number of ether oxygens (including phenoxy) is 3. The van der Waals surface area contributed by atoms with Crippen molar-refractivity contribution in [3.8, 4) is 11.5 Å². The molecule has 1 rings (SSSR count). The van der Waals surface area contributed by atoms with Gasteiger partial charge in [0.25, 0.3) is 0 Å². The Labute approximate surface area is 241 Å². The molecule has 226 valence electrons. The van der Waals surface area contributed by atoms with E-state index in [-0.39, 0.29) is 43.1 Å². The number of rotatable bonds is 19. The third-order valence-corrected chi connectivity index (χ3v) is 7.19. The highest BCUT2D eigenvalue weighted by Gasteiger charge is 2.30. The molecule has 5 atom stereocenters. The highest BCUT2D eigenvalue weighted by Crippen LogP contribution is 2.31. The molecule has 0 bridgehead atoms. The molecule has 0 spiro atoms. The van der Waals surface area contributed by atoms with E-state index in [4.69, 9.17) is 25.7 Å². The van der Waals surface area contributed by atoms with E-state index in [1.165, 1.54) is 0 Å². The normalized spacial score (nSPS) is 15.2. The van der Waals surface area contributed by atoms with Crippen LogP contribution in [0.4, 0.5) is 0 Å². The number of carbonyl (C=O) groups excluding carboxylic acids is 2. The topological polar surface area (TPSA) is 146 Å². The lowest BCUT2D eigenvalue weighted by atomic mass is 9.80. The Morgan fingerprint density at radius 2 is 1.67 bits per heavy atom. The number of hydrogen-bond acceptors (Lipinski definition) is 7. The van der Waals surface area contributed by atoms with Gasteiger partial charge in [-0.1, -0.05) is 40.7 Å². The first kappa shape index (κ1) is 36.9. The van der Waals surface area contributed by atoms with Crippen LogP contribution in [-0.4, -0.2) is 63.0 Å². The van der Waals surface area contributed by atoms with E-state index >= 15 is 0 Å². The summed E-state index contributed by atoms with van der Waals surface area (Å²) in [5.74, 6) is 0.395. The molecule has 0 saturated heterocycles. The number of primary amides is 1. The van der Waals surface area contributed by atoms with Crippen LogP contribution in [0.5, 0.6) is 11.5 Å². The number of benzene rings is 1. The monoisotopic (exact) mass is 573 g/mol. The number of carbonyl (C=O) groups is 2. The Kier molecular flexibility index (Phi) is 18.1. The summed E-state index contributed by atoms with van der Waals surface area (Å²) in [6.45, 7) is 11.2. The summed E-state index contributed by atoms with van der Waals surface area (Å²) in [5, 5.41) is 13.8. The van der Waals surface area contributed by atoms with Gasteiger partial charge in [0.2, 0.25) is 11.8 Å². The predicted molar refractivity (Wildman–Crippen MR) is 157 cm³/mol. The van der Waals surface area contributed by atoms with Crippen LogP contribution in [0.15, 0.2) is 18.2 Å². The number of hydrogen-bond donors (Lipinski definition) is 4. The first-order valence-electron chi connectivity index (χ1n) is 13.7. The predicted octanol–water partition coefficient (Wildman–Crippen LogP) is 3.33. The van der Waals surface area contributed by atoms with Crippen molar-refractivity contribution in [3.05, 3.63) is 23.8 Å². The standard InChI is InChI=1S/C29H51N3O6.ClH/c1-18(2)22(13-21-9-10-26(37-7)27(14-21)38-12-8-11-36-6)15-24(30)25(33)16-23(19(3)4)29(35)32-17-20(5)28(31)34;/h9-10,14,18-20,22-25,33H,8,11-13,15-17,30H2,1-7H3,(H2,31,34)(H,32,35);1H/t20-,22-,23-,24-,25-;/m0./s1. The third-order valence-electron chi connectivity index (χ3n) is 7.19. The number of aliphatic hydroxyl groups excluding tert-OH is 1. The second-order valence-electron chi connectivity index (χ2n) is 11.0. The largest absolute Gasteiger partial charge is 0.493 e. The molecule has 9 nitrogen and oxygen atoms in total. The van der Waals surface area contributed by atoms with Crippen LogP contribution in [0.2, 0.25) is 0 Å². The minimum atomic E-state index is -0.835. The highest BCUT2D eigenvalue weighted by atomic mass is 35.5. The van der Waals surface area contributed by atoms with Crippen molar-refractivity contribution in [2.24, 2.45) is 41.1 Å². The van der Waals surface area contributed by atoms with E-state index in [0.29, 0.717) is 37.1 Å². The van der Waals surface area contributed by atoms with Crippen molar-refractivity contribution in [2.75, 3.05) is 34.0 Å². The van der Waals surface area contributed by atoms with E-state index < -0.39 is 29.9 Å². The van der Waals surface area contributed by atoms with Gasteiger partial charge >= 0.3 is 0 Å².